The Morgan fingerprint density at radius 3 is 3.10 bits per heavy atom. The van der Waals surface area contributed by atoms with E-state index in [-0.39, 0.29) is 12.1 Å². The summed E-state index contributed by atoms with van der Waals surface area (Å²) in [6, 6.07) is 7.40. The first-order chi connectivity index (χ1) is 14.6. The highest BCUT2D eigenvalue weighted by Gasteiger charge is 2.24. The second-order valence-corrected chi connectivity index (χ2v) is 8.43. The van der Waals surface area contributed by atoms with Crippen molar-refractivity contribution in [3.63, 3.8) is 0 Å². The third-order valence-corrected chi connectivity index (χ3v) is 6.23. The van der Waals surface area contributed by atoms with E-state index in [1.807, 2.05) is 31.2 Å². The molecule has 30 heavy (non-hydrogen) atoms. The van der Waals surface area contributed by atoms with Crippen LogP contribution in [0.1, 0.15) is 36.3 Å². The molecule has 9 heteroatoms. The van der Waals surface area contributed by atoms with Crippen LogP contribution in [0.15, 0.2) is 34.2 Å². The molecule has 156 valence electrons. The van der Waals surface area contributed by atoms with Crippen LogP contribution < -0.4 is 15.7 Å². The average molecular weight is 426 g/mol. The van der Waals surface area contributed by atoms with E-state index >= 15 is 0 Å². The van der Waals surface area contributed by atoms with Crippen LogP contribution >= 0.6 is 11.3 Å². The molecule has 3 aromatic rings. The van der Waals surface area contributed by atoms with Crippen molar-refractivity contribution in [1.82, 2.24) is 20.4 Å². The molecule has 0 aliphatic heterocycles. The molecule has 0 radical (unpaired) electrons. The lowest BCUT2D eigenvalue weighted by Gasteiger charge is -2.17. The summed E-state index contributed by atoms with van der Waals surface area (Å²) in [6.45, 7) is 4.41. The van der Waals surface area contributed by atoms with Crippen LogP contribution in [0.2, 0.25) is 0 Å². The predicted molar refractivity (Wildman–Crippen MR) is 116 cm³/mol. The molecule has 1 unspecified atom stereocenters. The number of nitrogens with zero attached hydrogens (tertiary/aromatic N) is 4. The number of rotatable bonds is 6. The molecule has 2 aromatic heterocycles. The van der Waals surface area contributed by atoms with Crippen molar-refractivity contribution in [2.45, 2.75) is 39.7 Å². The fourth-order valence-electron chi connectivity index (χ4n) is 3.61. The molecule has 1 aliphatic rings. The van der Waals surface area contributed by atoms with Gasteiger partial charge in [-0.25, -0.2) is 10.1 Å². The van der Waals surface area contributed by atoms with E-state index in [4.69, 9.17) is 4.74 Å². The smallest absolute Gasteiger partial charge is 0.279 e. The number of hydrogen-bond donors (Lipinski definition) is 1. The topological polar surface area (TPSA) is 98.5 Å². The molecule has 0 saturated carbocycles. The van der Waals surface area contributed by atoms with Gasteiger partial charge in [0.25, 0.3) is 11.5 Å². The van der Waals surface area contributed by atoms with E-state index in [9.17, 15) is 9.59 Å². The summed E-state index contributed by atoms with van der Waals surface area (Å²) in [5, 5.41) is 12.7. The molecule has 0 bridgehead atoms. The second-order valence-electron chi connectivity index (χ2n) is 7.35. The van der Waals surface area contributed by atoms with Crippen molar-refractivity contribution in [3.8, 4) is 5.75 Å². The van der Waals surface area contributed by atoms with Crippen LogP contribution in [0, 0.1) is 5.92 Å². The molecule has 1 atom stereocenters. The summed E-state index contributed by atoms with van der Waals surface area (Å²) in [6.07, 6.45) is 4.40. The lowest BCUT2D eigenvalue weighted by atomic mass is 9.89. The van der Waals surface area contributed by atoms with Crippen LogP contribution in [-0.2, 0) is 24.2 Å². The number of para-hydroxylation sites is 1. The molecule has 0 fully saturated rings. The molecule has 1 amide bonds. The number of amides is 1. The monoisotopic (exact) mass is 425 g/mol. The zero-order valence-corrected chi connectivity index (χ0v) is 17.7. The van der Waals surface area contributed by atoms with E-state index < -0.39 is 5.91 Å². The number of ether oxygens (including phenoxy) is 1. The molecule has 0 spiro atoms. The van der Waals surface area contributed by atoms with Gasteiger partial charge in [0.05, 0.1) is 18.2 Å². The Hall–Kier alpha value is -3.07. The lowest BCUT2D eigenvalue weighted by molar-refractivity contribution is -0.121. The quantitative estimate of drug-likeness (QED) is 0.483. The zero-order chi connectivity index (χ0) is 21.1. The average Bonchev–Trinajstić information content (AvgIpc) is 3.10. The van der Waals surface area contributed by atoms with Crippen molar-refractivity contribution >= 4 is 33.7 Å². The number of aromatic nitrogens is 3. The Balaban J connectivity index is 1.49. The van der Waals surface area contributed by atoms with Gasteiger partial charge in [0, 0.05) is 10.4 Å². The van der Waals surface area contributed by atoms with Gasteiger partial charge in [-0.2, -0.15) is 5.10 Å². The van der Waals surface area contributed by atoms with Gasteiger partial charge in [0.1, 0.15) is 12.3 Å². The summed E-state index contributed by atoms with van der Waals surface area (Å²) < 4.78 is 6.63. The Morgan fingerprint density at radius 2 is 2.27 bits per heavy atom. The Bertz CT molecular complexity index is 1170. The van der Waals surface area contributed by atoms with Gasteiger partial charge in [-0.3, -0.25) is 9.59 Å². The number of hydrazone groups is 1. The zero-order valence-electron chi connectivity index (χ0n) is 16.9. The van der Waals surface area contributed by atoms with Gasteiger partial charge in [0.15, 0.2) is 4.83 Å². The SMILES string of the molecule is CCOc1ccccc1/C=N\NC(=O)Cn1nnc2sc3c(c2c1=O)CCC(C)C3. The second kappa shape index (κ2) is 8.74. The van der Waals surface area contributed by atoms with Gasteiger partial charge in [-0.15, -0.1) is 16.4 Å². The summed E-state index contributed by atoms with van der Waals surface area (Å²) >= 11 is 1.54. The largest absolute Gasteiger partial charge is 0.493 e. The minimum atomic E-state index is -0.450. The number of carbonyl (C=O) groups is 1. The molecule has 1 aromatic carbocycles. The van der Waals surface area contributed by atoms with E-state index in [0.717, 1.165) is 35.1 Å². The van der Waals surface area contributed by atoms with E-state index in [1.165, 1.54) is 22.4 Å². The van der Waals surface area contributed by atoms with E-state index in [1.54, 1.807) is 0 Å². The number of thiophene rings is 1. The fraction of sp³-hybridized carbons (Fsp3) is 0.381. The summed E-state index contributed by atoms with van der Waals surface area (Å²) in [5.41, 5.74) is 3.99. The molecule has 8 nitrogen and oxygen atoms in total. The number of benzene rings is 1. The van der Waals surface area contributed by atoms with Crippen molar-refractivity contribution in [2.24, 2.45) is 11.0 Å². The summed E-state index contributed by atoms with van der Waals surface area (Å²) in [7, 11) is 0. The number of fused-ring (bicyclic) bond motifs is 3. The Morgan fingerprint density at radius 1 is 1.43 bits per heavy atom. The predicted octanol–water partition coefficient (Wildman–Crippen LogP) is 2.53. The maximum Gasteiger partial charge on any atom is 0.279 e. The molecule has 0 saturated heterocycles. The van der Waals surface area contributed by atoms with Gasteiger partial charge < -0.3 is 4.74 Å². The first-order valence-electron chi connectivity index (χ1n) is 9.98. The third kappa shape index (κ3) is 4.11. The molecule has 1 N–H and O–H groups in total. The van der Waals surface area contributed by atoms with E-state index in [2.05, 4.69) is 27.8 Å². The first-order valence-corrected chi connectivity index (χ1v) is 10.8. The third-order valence-electron chi connectivity index (χ3n) is 5.09. The van der Waals surface area contributed by atoms with Gasteiger partial charge in [-0.1, -0.05) is 24.3 Å². The van der Waals surface area contributed by atoms with Crippen LogP contribution in [0.3, 0.4) is 0 Å². The Kier molecular flexibility index (Phi) is 5.89. The summed E-state index contributed by atoms with van der Waals surface area (Å²) in [5.74, 6) is 0.841. The first kappa shape index (κ1) is 20.2. The van der Waals surface area contributed by atoms with Crippen molar-refractivity contribution in [2.75, 3.05) is 6.61 Å². The standard InChI is InChI=1S/C21H23N5O3S/c1-3-29-16-7-5-4-6-14(16)11-22-23-18(27)12-26-21(28)19-15-9-8-13(2)10-17(15)30-20(19)24-25-26/h4-7,11,13H,3,8-10,12H2,1-2H3,(H,23,27)/b22-11-. The highest BCUT2D eigenvalue weighted by atomic mass is 32.1. The van der Waals surface area contributed by atoms with Crippen molar-refractivity contribution in [3.05, 3.63) is 50.6 Å². The highest BCUT2D eigenvalue weighted by molar-refractivity contribution is 7.18. The van der Waals surface area contributed by atoms with Gasteiger partial charge in [-0.05, 0) is 49.8 Å². The molecule has 4 rings (SSSR count). The number of nitrogens with one attached hydrogen (secondary N) is 1. The maximum atomic E-state index is 12.9. The van der Waals surface area contributed by atoms with Crippen molar-refractivity contribution in [1.29, 1.82) is 0 Å². The van der Waals surface area contributed by atoms with Gasteiger partial charge in [0.2, 0.25) is 0 Å². The number of hydrogen-bond acceptors (Lipinski definition) is 7. The minimum Gasteiger partial charge on any atom is -0.493 e. The highest BCUT2D eigenvalue weighted by Crippen LogP contribution is 2.35. The van der Waals surface area contributed by atoms with Crippen LogP contribution in [0.5, 0.6) is 5.75 Å². The maximum absolute atomic E-state index is 12.9. The summed E-state index contributed by atoms with van der Waals surface area (Å²) in [4.78, 5) is 27.1. The van der Waals surface area contributed by atoms with Gasteiger partial charge >= 0.3 is 0 Å². The fourth-order valence-corrected chi connectivity index (χ4v) is 4.93. The van der Waals surface area contributed by atoms with Crippen LogP contribution in [0.4, 0.5) is 0 Å². The Labute approximate surface area is 177 Å². The number of carbonyl (C=O) groups excluding carboxylic acids is 1. The number of aryl methyl sites for hydroxylation is 1. The molecule has 2 heterocycles. The molecular formula is C21H23N5O3S. The van der Waals surface area contributed by atoms with Crippen LogP contribution in [-0.4, -0.2) is 33.7 Å². The molecular weight excluding hydrogens is 402 g/mol. The normalized spacial score (nSPS) is 16.0. The van der Waals surface area contributed by atoms with E-state index in [0.29, 0.717) is 28.5 Å². The van der Waals surface area contributed by atoms with Crippen LogP contribution in [0.25, 0.3) is 10.2 Å². The minimum absolute atomic E-state index is 0.243. The molecule has 1 aliphatic carbocycles. The van der Waals surface area contributed by atoms with Crippen molar-refractivity contribution < 1.29 is 9.53 Å². The lowest BCUT2D eigenvalue weighted by Crippen LogP contribution is -2.32.